The summed E-state index contributed by atoms with van der Waals surface area (Å²) in [5, 5.41) is 5.81. The second-order valence-corrected chi connectivity index (χ2v) is 4.73. The lowest BCUT2D eigenvalue weighted by atomic mass is 10.2. The molecule has 0 spiro atoms. The van der Waals surface area contributed by atoms with Gasteiger partial charge < -0.3 is 24.8 Å². The number of hydrogen-bond donors (Lipinski definition) is 2. The number of anilines is 2. The van der Waals surface area contributed by atoms with Crippen molar-refractivity contribution in [3.8, 4) is 11.5 Å². The number of hydrogen-bond acceptors (Lipinski definition) is 7. The highest BCUT2D eigenvalue weighted by Gasteiger charge is 2.09. The van der Waals surface area contributed by atoms with Gasteiger partial charge >= 0.3 is 0 Å². The lowest BCUT2D eigenvalue weighted by molar-refractivity contribution is 0.0932. The van der Waals surface area contributed by atoms with Gasteiger partial charge in [0.15, 0.2) is 11.5 Å². The molecule has 0 saturated carbocycles. The van der Waals surface area contributed by atoms with Crippen LogP contribution >= 0.6 is 0 Å². The van der Waals surface area contributed by atoms with Gasteiger partial charge in [0.25, 0.3) is 5.91 Å². The monoisotopic (exact) mass is 332 g/mol. The molecule has 1 aromatic carbocycles. The van der Waals surface area contributed by atoms with Crippen molar-refractivity contribution in [2.45, 2.75) is 0 Å². The Morgan fingerprint density at radius 3 is 2.58 bits per heavy atom. The van der Waals surface area contributed by atoms with E-state index in [9.17, 15) is 4.79 Å². The van der Waals surface area contributed by atoms with Crippen LogP contribution in [-0.4, -0.2) is 50.4 Å². The highest BCUT2D eigenvalue weighted by molar-refractivity contribution is 5.92. The molecule has 8 heteroatoms. The maximum Gasteiger partial charge on any atom is 0.270 e. The third kappa shape index (κ3) is 4.56. The molecule has 0 fully saturated rings. The molecule has 128 valence electrons. The highest BCUT2D eigenvalue weighted by atomic mass is 16.5. The van der Waals surface area contributed by atoms with E-state index in [0.717, 1.165) is 5.69 Å². The number of amides is 1. The molecule has 2 aromatic rings. The Bertz CT molecular complexity index is 694. The average Bonchev–Trinajstić information content (AvgIpc) is 2.62. The van der Waals surface area contributed by atoms with Gasteiger partial charge in [0.2, 0.25) is 0 Å². The molecular formula is C16H20N4O4. The Kier molecular flexibility index (Phi) is 6.32. The second-order valence-electron chi connectivity index (χ2n) is 4.73. The number of methoxy groups -OCH3 is 3. The number of nitrogens with zero attached hydrogens (tertiary/aromatic N) is 2. The van der Waals surface area contributed by atoms with Crippen LogP contribution in [0, 0.1) is 0 Å². The third-order valence-corrected chi connectivity index (χ3v) is 3.15. The maximum atomic E-state index is 12.0. The lowest BCUT2D eigenvalue weighted by Crippen LogP contribution is -2.27. The van der Waals surface area contributed by atoms with Gasteiger partial charge in [-0.3, -0.25) is 4.79 Å². The standard InChI is InChI=1S/C16H20N4O4/c1-22-7-6-17-16(21)12-9-15(19-10-18-12)20-11-4-5-13(23-2)14(8-11)24-3/h4-5,8-10H,6-7H2,1-3H3,(H,17,21)(H,18,19,20). The number of rotatable bonds is 8. The summed E-state index contributed by atoms with van der Waals surface area (Å²) in [6.07, 6.45) is 1.33. The van der Waals surface area contributed by atoms with E-state index in [-0.39, 0.29) is 11.6 Å². The Hall–Kier alpha value is -2.87. The van der Waals surface area contributed by atoms with E-state index in [2.05, 4.69) is 20.6 Å². The molecule has 8 nitrogen and oxygen atoms in total. The average molecular weight is 332 g/mol. The van der Waals surface area contributed by atoms with Crippen molar-refractivity contribution in [3.05, 3.63) is 36.3 Å². The SMILES string of the molecule is COCCNC(=O)c1cc(Nc2ccc(OC)c(OC)c2)ncn1. The summed E-state index contributed by atoms with van der Waals surface area (Å²) < 4.78 is 15.3. The van der Waals surface area contributed by atoms with Crippen molar-refractivity contribution >= 4 is 17.4 Å². The van der Waals surface area contributed by atoms with Crippen LogP contribution in [0.4, 0.5) is 11.5 Å². The Morgan fingerprint density at radius 1 is 1.08 bits per heavy atom. The van der Waals surface area contributed by atoms with Crippen molar-refractivity contribution in [1.29, 1.82) is 0 Å². The van der Waals surface area contributed by atoms with E-state index >= 15 is 0 Å². The van der Waals surface area contributed by atoms with Crippen molar-refractivity contribution in [3.63, 3.8) is 0 Å². The smallest absolute Gasteiger partial charge is 0.270 e. The molecule has 1 aromatic heterocycles. The van der Waals surface area contributed by atoms with E-state index in [1.54, 1.807) is 39.5 Å². The zero-order chi connectivity index (χ0) is 17.4. The molecule has 0 bridgehead atoms. The molecule has 0 radical (unpaired) electrons. The first-order valence-electron chi connectivity index (χ1n) is 7.26. The molecule has 24 heavy (non-hydrogen) atoms. The summed E-state index contributed by atoms with van der Waals surface area (Å²) in [7, 11) is 4.71. The minimum Gasteiger partial charge on any atom is -0.493 e. The molecule has 1 amide bonds. The third-order valence-electron chi connectivity index (χ3n) is 3.15. The fraction of sp³-hybridized carbons (Fsp3) is 0.312. The van der Waals surface area contributed by atoms with Gasteiger partial charge in [-0.05, 0) is 12.1 Å². The summed E-state index contributed by atoms with van der Waals surface area (Å²) >= 11 is 0. The van der Waals surface area contributed by atoms with Gasteiger partial charge in [0, 0.05) is 31.5 Å². The van der Waals surface area contributed by atoms with E-state index in [1.165, 1.54) is 6.33 Å². The van der Waals surface area contributed by atoms with E-state index < -0.39 is 0 Å². The highest BCUT2D eigenvalue weighted by Crippen LogP contribution is 2.30. The molecule has 0 atom stereocenters. The van der Waals surface area contributed by atoms with Crippen LogP contribution in [0.5, 0.6) is 11.5 Å². The molecule has 0 saturated heterocycles. The normalized spacial score (nSPS) is 10.1. The van der Waals surface area contributed by atoms with Crippen LogP contribution in [0.2, 0.25) is 0 Å². The lowest BCUT2D eigenvalue weighted by Gasteiger charge is -2.11. The van der Waals surface area contributed by atoms with Crippen LogP contribution in [0.1, 0.15) is 10.5 Å². The largest absolute Gasteiger partial charge is 0.493 e. The predicted octanol–water partition coefficient (Wildman–Crippen LogP) is 1.61. The molecule has 0 unspecified atom stereocenters. The Labute approximate surface area is 140 Å². The number of ether oxygens (including phenoxy) is 3. The second kappa shape index (κ2) is 8.68. The van der Waals surface area contributed by atoms with Crippen molar-refractivity contribution < 1.29 is 19.0 Å². The Balaban J connectivity index is 2.10. The first-order chi connectivity index (χ1) is 11.7. The molecule has 0 aliphatic carbocycles. The topological polar surface area (TPSA) is 94.6 Å². The van der Waals surface area contributed by atoms with Crippen molar-refractivity contribution in [2.24, 2.45) is 0 Å². The van der Waals surface area contributed by atoms with Crippen LogP contribution in [0.15, 0.2) is 30.6 Å². The predicted molar refractivity (Wildman–Crippen MR) is 89.1 cm³/mol. The summed E-state index contributed by atoms with van der Waals surface area (Å²) in [5.41, 5.74) is 1.01. The number of aromatic nitrogens is 2. The van der Waals surface area contributed by atoms with Crippen LogP contribution in [0.3, 0.4) is 0 Å². The maximum absolute atomic E-state index is 12.0. The van der Waals surface area contributed by atoms with Gasteiger partial charge in [-0.25, -0.2) is 9.97 Å². The molecule has 0 aliphatic rings. The zero-order valence-corrected chi connectivity index (χ0v) is 13.8. The van der Waals surface area contributed by atoms with Crippen LogP contribution < -0.4 is 20.1 Å². The van der Waals surface area contributed by atoms with Crippen LogP contribution in [0.25, 0.3) is 0 Å². The number of benzene rings is 1. The quantitative estimate of drug-likeness (QED) is 0.709. The molecular weight excluding hydrogens is 312 g/mol. The van der Waals surface area contributed by atoms with Gasteiger partial charge in [-0.1, -0.05) is 0 Å². The van der Waals surface area contributed by atoms with Gasteiger partial charge in [-0.15, -0.1) is 0 Å². The molecule has 2 rings (SSSR count). The summed E-state index contributed by atoms with van der Waals surface area (Å²) in [6.45, 7) is 0.853. The summed E-state index contributed by atoms with van der Waals surface area (Å²) in [5.74, 6) is 1.43. The van der Waals surface area contributed by atoms with E-state index in [0.29, 0.717) is 30.5 Å². The van der Waals surface area contributed by atoms with E-state index in [4.69, 9.17) is 14.2 Å². The van der Waals surface area contributed by atoms with Crippen molar-refractivity contribution in [1.82, 2.24) is 15.3 Å². The first-order valence-corrected chi connectivity index (χ1v) is 7.26. The summed E-state index contributed by atoms with van der Waals surface area (Å²) in [4.78, 5) is 20.1. The minimum atomic E-state index is -0.287. The van der Waals surface area contributed by atoms with Crippen LogP contribution in [-0.2, 0) is 4.74 Å². The van der Waals surface area contributed by atoms with Gasteiger partial charge in [0.1, 0.15) is 17.8 Å². The summed E-state index contributed by atoms with van der Waals surface area (Å²) in [6, 6.07) is 6.95. The number of carbonyl (C=O) groups is 1. The van der Waals surface area contributed by atoms with Crippen molar-refractivity contribution in [2.75, 3.05) is 39.8 Å². The zero-order valence-electron chi connectivity index (χ0n) is 13.8. The molecule has 0 aliphatic heterocycles. The minimum absolute atomic E-state index is 0.268. The molecule has 1 heterocycles. The van der Waals surface area contributed by atoms with Gasteiger partial charge in [-0.2, -0.15) is 0 Å². The number of nitrogens with one attached hydrogen (secondary N) is 2. The van der Waals surface area contributed by atoms with E-state index in [1.807, 2.05) is 6.07 Å². The number of carbonyl (C=O) groups excluding carboxylic acids is 1. The Morgan fingerprint density at radius 2 is 1.88 bits per heavy atom. The fourth-order valence-electron chi connectivity index (χ4n) is 1.97. The molecule has 2 N–H and O–H groups in total. The van der Waals surface area contributed by atoms with Gasteiger partial charge in [0.05, 0.1) is 20.8 Å². The fourth-order valence-corrected chi connectivity index (χ4v) is 1.97. The first kappa shape index (κ1) is 17.5.